The number of hydrogen-bond donors (Lipinski definition) is 1. The SMILES string of the molecule is CC1CC[NH+](Cc2ccccc2Cl)CC1. The lowest BCUT2D eigenvalue weighted by atomic mass is 9.99. The number of benzene rings is 1. The van der Waals surface area contributed by atoms with Crippen LogP contribution >= 0.6 is 11.6 Å². The lowest BCUT2D eigenvalue weighted by molar-refractivity contribution is -0.919. The fourth-order valence-corrected chi connectivity index (χ4v) is 2.46. The van der Waals surface area contributed by atoms with E-state index in [9.17, 15) is 0 Å². The van der Waals surface area contributed by atoms with E-state index in [1.807, 2.05) is 12.1 Å². The van der Waals surface area contributed by atoms with Gasteiger partial charge < -0.3 is 4.90 Å². The zero-order chi connectivity index (χ0) is 10.7. The van der Waals surface area contributed by atoms with Crippen LogP contribution in [0.4, 0.5) is 0 Å². The summed E-state index contributed by atoms with van der Waals surface area (Å²) >= 11 is 6.16. The van der Waals surface area contributed by atoms with Gasteiger partial charge in [0.05, 0.1) is 13.1 Å². The van der Waals surface area contributed by atoms with Crippen molar-refractivity contribution in [3.05, 3.63) is 34.9 Å². The standard InChI is InChI=1S/C13H18ClN/c1-11-6-8-15(9-7-11)10-12-4-2-3-5-13(12)14/h2-5,11H,6-10H2,1H3/p+1. The fraction of sp³-hybridized carbons (Fsp3) is 0.538. The van der Waals surface area contributed by atoms with E-state index in [1.165, 1.54) is 31.5 Å². The molecule has 0 aromatic heterocycles. The molecule has 1 aromatic rings. The molecule has 1 saturated heterocycles. The number of hydrogen-bond acceptors (Lipinski definition) is 0. The maximum Gasteiger partial charge on any atom is 0.104 e. The minimum Gasteiger partial charge on any atom is -0.331 e. The molecule has 1 N–H and O–H groups in total. The smallest absolute Gasteiger partial charge is 0.104 e. The highest BCUT2D eigenvalue weighted by Gasteiger charge is 2.19. The highest BCUT2D eigenvalue weighted by molar-refractivity contribution is 6.31. The van der Waals surface area contributed by atoms with Gasteiger partial charge in [0.2, 0.25) is 0 Å². The molecule has 82 valence electrons. The first kappa shape index (κ1) is 11.0. The highest BCUT2D eigenvalue weighted by Crippen LogP contribution is 2.14. The summed E-state index contributed by atoms with van der Waals surface area (Å²) in [5.74, 6) is 0.917. The van der Waals surface area contributed by atoms with Crippen LogP contribution in [-0.4, -0.2) is 13.1 Å². The molecule has 0 bridgehead atoms. The highest BCUT2D eigenvalue weighted by atomic mass is 35.5. The van der Waals surface area contributed by atoms with Gasteiger partial charge in [-0.25, -0.2) is 0 Å². The number of nitrogens with one attached hydrogen (secondary N) is 1. The average molecular weight is 225 g/mol. The van der Waals surface area contributed by atoms with Gasteiger partial charge in [-0.05, 0) is 24.8 Å². The first-order valence-corrected chi connectivity index (χ1v) is 6.20. The van der Waals surface area contributed by atoms with E-state index < -0.39 is 0 Å². The Morgan fingerprint density at radius 3 is 2.60 bits per heavy atom. The summed E-state index contributed by atoms with van der Waals surface area (Å²) in [6.07, 6.45) is 2.72. The molecule has 1 aliphatic heterocycles. The van der Waals surface area contributed by atoms with Gasteiger partial charge in [0.25, 0.3) is 0 Å². The van der Waals surface area contributed by atoms with Crippen LogP contribution in [0, 0.1) is 5.92 Å². The minimum atomic E-state index is 0.917. The van der Waals surface area contributed by atoms with E-state index in [-0.39, 0.29) is 0 Å². The van der Waals surface area contributed by atoms with Gasteiger partial charge in [0.1, 0.15) is 6.54 Å². The third-order valence-electron chi connectivity index (χ3n) is 3.38. The van der Waals surface area contributed by atoms with Crippen LogP contribution in [0.2, 0.25) is 5.02 Å². The predicted octanol–water partition coefficient (Wildman–Crippen LogP) is 2.15. The Hall–Kier alpha value is -0.530. The molecule has 0 radical (unpaired) electrons. The van der Waals surface area contributed by atoms with Gasteiger partial charge >= 0.3 is 0 Å². The number of piperidine rings is 1. The van der Waals surface area contributed by atoms with Crippen LogP contribution in [0.3, 0.4) is 0 Å². The summed E-state index contributed by atoms with van der Waals surface area (Å²) in [6.45, 7) is 6.04. The first-order valence-electron chi connectivity index (χ1n) is 5.82. The third-order valence-corrected chi connectivity index (χ3v) is 3.75. The molecule has 0 saturated carbocycles. The van der Waals surface area contributed by atoms with Crippen molar-refractivity contribution in [2.45, 2.75) is 26.3 Å². The second-order valence-electron chi connectivity index (χ2n) is 4.70. The van der Waals surface area contributed by atoms with Crippen molar-refractivity contribution >= 4 is 11.6 Å². The van der Waals surface area contributed by atoms with Crippen molar-refractivity contribution in [3.8, 4) is 0 Å². The lowest BCUT2D eigenvalue weighted by Gasteiger charge is -2.27. The molecule has 15 heavy (non-hydrogen) atoms. The molecular formula is C13H19ClN+. The second-order valence-corrected chi connectivity index (χ2v) is 5.11. The van der Waals surface area contributed by atoms with Gasteiger partial charge in [0.15, 0.2) is 0 Å². The van der Waals surface area contributed by atoms with Gasteiger partial charge in [0, 0.05) is 10.6 Å². The van der Waals surface area contributed by atoms with E-state index >= 15 is 0 Å². The zero-order valence-corrected chi connectivity index (χ0v) is 10.1. The van der Waals surface area contributed by atoms with E-state index in [1.54, 1.807) is 4.90 Å². The molecule has 0 amide bonds. The Bertz CT molecular complexity index is 316. The van der Waals surface area contributed by atoms with E-state index in [2.05, 4.69) is 19.1 Å². The number of halogens is 1. The summed E-state index contributed by atoms with van der Waals surface area (Å²) in [4.78, 5) is 1.68. The minimum absolute atomic E-state index is 0.917. The first-order chi connectivity index (χ1) is 7.25. The van der Waals surface area contributed by atoms with Crippen LogP contribution in [0.15, 0.2) is 24.3 Å². The van der Waals surface area contributed by atoms with Crippen molar-refractivity contribution in [1.29, 1.82) is 0 Å². The second kappa shape index (κ2) is 5.00. The molecule has 1 nitrogen and oxygen atoms in total. The molecule has 2 heteroatoms. The topological polar surface area (TPSA) is 4.44 Å². The van der Waals surface area contributed by atoms with Gasteiger partial charge in [-0.2, -0.15) is 0 Å². The van der Waals surface area contributed by atoms with Crippen molar-refractivity contribution < 1.29 is 4.90 Å². The maximum absolute atomic E-state index is 6.16. The average Bonchev–Trinajstić information content (AvgIpc) is 2.25. The summed E-state index contributed by atoms with van der Waals surface area (Å²) in [7, 11) is 0. The van der Waals surface area contributed by atoms with Gasteiger partial charge in [-0.15, -0.1) is 0 Å². The predicted molar refractivity (Wildman–Crippen MR) is 64.3 cm³/mol. The summed E-state index contributed by atoms with van der Waals surface area (Å²) in [5.41, 5.74) is 1.30. The Labute approximate surface area is 97.0 Å². The largest absolute Gasteiger partial charge is 0.331 e. The zero-order valence-electron chi connectivity index (χ0n) is 9.30. The van der Waals surface area contributed by atoms with Crippen LogP contribution in [0.5, 0.6) is 0 Å². The lowest BCUT2D eigenvalue weighted by Crippen LogP contribution is -3.11. The number of rotatable bonds is 2. The van der Waals surface area contributed by atoms with Gasteiger partial charge in [-0.1, -0.05) is 36.7 Å². The molecule has 0 atom stereocenters. The Morgan fingerprint density at radius 1 is 1.27 bits per heavy atom. The summed E-state index contributed by atoms with van der Waals surface area (Å²) < 4.78 is 0. The van der Waals surface area contributed by atoms with Gasteiger partial charge in [-0.3, -0.25) is 0 Å². The van der Waals surface area contributed by atoms with Crippen molar-refractivity contribution in [2.75, 3.05) is 13.1 Å². The summed E-state index contributed by atoms with van der Waals surface area (Å²) in [5, 5.41) is 0.920. The number of quaternary nitrogens is 1. The van der Waals surface area contributed by atoms with Crippen molar-refractivity contribution in [3.63, 3.8) is 0 Å². The molecule has 1 heterocycles. The van der Waals surface area contributed by atoms with Crippen molar-refractivity contribution in [1.82, 2.24) is 0 Å². The monoisotopic (exact) mass is 224 g/mol. The fourth-order valence-electron chi connectivity index (χ4n) is 2.26. The van der Waals surface area contributed by atoms with E-state index in [0.717, 1.165) is 17.5 Å². The Morgan fingerprint density at radius 2 is 1.93 bits per heavy atom. The van der Waals surface area contributed by atoms with E-state index in [0.29, 0.717) is 0 Å². The molecule has 1 fully saturated rings. The molecule has 1 aliphatic rings. The van der Waals surface area contributed by atoms with Crippen molar-refractivity contribution in [2.24, 2.45) is 5.92 Å². The molecule has 0 aliphatic carbocycles. The van der Waals surface area contributed by atoms with Crippen LogP contribution in [0.25, 0.3) is 0 Å². The van der Waals surface area contributed by atoms with Crippen LogP contribution in [0.1, 0.15) is 25.3 Å². The normalized spacial score (nSPS) is 26.5. The van der Waals surface area contributed by atoms with Crippen LogP contribution < -0.4 is 4.90 Å². The van der Waals surface area contributed by atoms with E-state index in [4.69, 9.17) is 11.6 Å². The Balaban J connectivity index is 1.95. The molecular weight excluding hydrogens is 206 g/mol. The maximum atomic E-state index is 6.16. The summed E-state index contributed by atoms with van der Waals surface area (Å²) in [6, 6.07) is 8.21. The quantitative estimate of drug-likeness (QED) is 0.786. The third kappa shape index (κ3) is 2.96. The molecule has 0 unspecified atom stereocenters. The molecule has 1 aromatic carbocycles. The number of likely N-dealkylation sites (tertiary alicyclic amines) is 1. The Kier molecular flexibility index (Phi) is 3.66. The molecule has 2 rings (SSSR count). The molecule has 0 spiro atoms. The van der Waals surface area contributed by atoms with Crippen LogP contribution in [-0.2, 0) is 6.54 Å².